The highest BCUT2D eigenvalue weighted by Gasteiger charge is 2.13. The molecular weight excluding hydrogens is 446 g/mol. The average molecular weight is 486 g/mol. The van der Waals surface area contributed by atoms with Gasteiger partial charge in [0, 0.05) is 12.6 Å². The molecule has 1 heterocycles. The lowest BCUT2D eigenvalue weighted by Crippen LogP contribution is -2.33. The van der Waals surface area contributed by atoms with Gasteiger partial charge < -0.3 is 31.3 Å². The summed E-state index contributed by atoms with van der Waals surface area (Å²) in [6, 6.07) is 3.11. The number of aliphatic hydroxyl groups excluding tert-OH is 1. The number of phenols is 1. The van der Waals surface area contributed by atoms with E-state index in [-0.39, 0.29) is 35.7 Å². The van der Waals surface area contributed by atoms with Crippen molar-refractivity contribution >= 4 is 17.6 Å². The summed E-state index contributed by atoms with van der Waals surface area (Å²) in [7, 11) is 1.95. The summed E-state index contributed by atoms with van der Waals surface area (Å²) in [5.74, 6) is 0.286. The predicted octanol–water partition coefficient (Wildman–Crippen LogP) is 2.94. The van der Waals surface area contributed by atoms with Crippen LogP contribution in [-0.4, -0.2) is 48.3 Å². The fourth-order valence-corrected chi connectivity index (χ4v) is 3.95. The van der Waals surface area contributed by atoms with E-state index in [4.69, 9.17) is 15.6 Å². The van der Waals surface area contributed by atoms with Gasteiger partial charge in [0.25, 0.3) is 0 Å². The molecule has 2 rings (SSSR count). The van der Waals surface area contributed by atoms with Crippen molar-refractivity contribution in [1.82, 2.24) is 10.6 Å². The Kier molecular flexibility index (Phi) is 12.2. The van der Waals surface area contributed by atoms with Gasteiger partial charge in [-0.1, -0.05) is 31.9 Å². The van der Waals surface area contributed by atoms with Gasteiger partial charge in [0.2, 0.25) is 0 Å². The molecule has 8 heteroatoms. The van der Waals surface area contributed by atoms with E-state index in [2.05, 4.69) is 17.6 Å². The number of allylic oxidation sites excluding steroid dienone is 3. The molecule has 0 radical (unpaired) electrons. The van der Waals surface area contributed by atoms with E-state index in [1.807, 2.05) is 19.2 Å². The Morgan fingerprint density at radius 1 is 1.29 bits per heavy atom. The molecule has 0 fully saturated rings. The van der Waals surface area contributed by atoms with Gasteiger partial charge in [-0.05, 0) is 79.8 Å². The molecular formula is C27H39N3O5. The fourth-order valence-electron chi connectivity index (χ4n) is 3.95. The smallest absolute Gasteiger partial charge is 0.186 e. The van der Waals surface area contributed by atoms with Crippen LogP contribution in [-0.2, 0) is 16.0 Å². The number of hydrogen-bond donors (Lipinski definition) is 5. The van der Waals surface area contributed by atoms with Gasteiger partial charge in [-0.3, -0.25) is 9.59 Å². The lowest BCUT2D eigenvalue weighted by atomic mass is 9.97. The van der Waals surface area contributed by atoms with Crippen LogP contribution in [0.15, 0.2) is 42.1 Å². The normalized spacial score (nSPS) is 16.1. The minimum absolute atomic E-state index is 0.0573. The number of ketones is 2. The lowest BCUT2D eigenvalue weighted by Gasteiger charge is -2.16. The molecule has 8 nitrogen and oxygen atoms in total. The van der Waals surface area contributed by atoms with E-state index >= 15 is 0 Å². The van der Waals surface area contributed by atoms with E-state index in [0.29, 0.717) is 24.3 Å². The van der Waals surface area contributed by atoms with Gasteiger partial charge in [-0.2, -0.15) is 0 Å². The summed E-state index contributed by atoms with van der Waals surface area (Å²) in [6.07, 6.45) is 13.0. The molecule has 0 spiro atoms. The van der Waals surface area contributed by atoms with Crippen molar-refractivity contribution in [2.24, 2.45) is 11.7 Å². The molecule has 1 aromatic rings. The van der Waals surface area contributed by atoms with Crippen LogP contribution >= 0.6 is 0 Å². The largest absolute Gasteiger partial charge is 0.504 e. The second-order valence-corrected chi connectivity index (χ2v) is 9.02. The number of rotatable bonds is 16. The van der Waals surface area contributed by atoms with E-state index in [1.165, 1.54) is 6.08 Å². The Labute approximate surface area is 207 Å². The highest BCUT2D eigenvalue weighted by atomic mass is 16.6. The van der Waals surface area contributed by atoms with E-state index in [9.17, 15) is 14.7 Å². The van der Waals surface area contributed by atoms with E-state index < -0.39 is 6.79 Å². The third-order valence-corrected chi connectivity index (χ3v) is 5.84. The third kappa shape index (κ3) is 10.5. The van der Waals surface area contributed by atoms with Crippen LogP contribution in [0.2, 0.25) is 0 Å². The molecule has 0 bridgehead atoms. The first-order valence-corrected chi connectivity index (χ1v) is 12.2. The monoisotopic (exact) mass is 485 g/mol. The molecule has 0 aromatic heterocycles. The summed E-state index contributed by atoms with van der Waals surface area (Å²) < 4.78 is 5.07. The quantitative estimate of drug-likeness (QED) is 0.104. The second kappa shape index (κ2) is 15.1. The maximum Gasteiger partial charge on any atom is 0.186 e. The zero-order valence-electron chi connectivity index (χ0n) is 20.8. The summed E-state index contributed by atoms with van der Waals surface area (Å²) >= 11 is 0. The number of hydrogen-bond acceptors (Lipinski definition) is 8. The third-order valence-electron chi connectivity index (χ3n) is 5.84. The first-order chi connectivity index (χ1) is 16.8. The predicted molar refractivity (Wildman–Crippen MR) is 138 cm³/mol. The molecule has 0 amide bonds. The summed E-state index contributed by atoms with van der Waals surface area (Å²) in [6.45, 7) is 2.61. The number of aliphatic hydroxyl groups is 1. The van der Waals surface area contributed by atoms with Crippen molar-refractivity contribution in [3.05, 3.63) is 53.3 Å². The average Bonchev–Trinajstić information content (AvgIpc) is 2.81. The molecule has 0 saturated heterocycles. The molecule has 1 aliphatic rings. The zero-order valence-corrected chi connectivity index (χ0v) is 20.8. The maximum absolute atomic E-state index is 12.4. The van der Waals surface area contributed by atoms with Crippen LogP contribution in [0.25, 0.3) is 6.08 Å². The number of ether oxygens (including phenoxy) is 1. The minimum Gasteiger partial charge on any atom is -0.504 e. The maximum atomic E-state index is 12.4. The Morgan fingerprint density at radius 2 is 2.09 bits per heavy atom. The van der Waals surface area contributed by atoms with Gasteiger partial charge in [-0.15, -0.1) is 0 Å². The Morgan fingerprint density at radius 3 is 2.77 bits per heavy atom. The van der Waals surface area contributed by atoms with Crippen molar-refractivity contribution in [3.8, 4) is 11.5 Å². The number of nitrogens with one attached hydrogen (secondary N) is 2. The van der Waals surface area contributed by atoms with E-state index in [0.717, 1.165) is 43.4 Å². The molecule has 1 aliphatic heterocycles. The lowest BCUT2D eigenvalue weighted by molar-refractivity contribution is -0.124. The van der Waals surface area contributed by atoms with E-state index in [1.54, 1.807) is 24.4 Å². The standard InChI is InChI=1S/C27H39N3O5/c1-19(16-29-2)6-4-3-5-7-23(32)15-24(33)10-9-21-14-26(35-18-31)25(34)13-22(21)12-20-8-11-27(28)30-17-20/h8-11,13-14,17,19,27,29-31,34H,3-7,12,15-16,18,28H2,1-2H3. The number of carbonyl (C=O) groups excluding carboxylic acids is 2. The molecule has 1 aromatic carbocycles. The highest BCUT2D eigenvalue weighted by Crippen LogP contribution is 2.32. The van der Waals surface area contributed by atoms with Crippen LogP contribution in [0.5, 0.6) is 11.5 Å². The van der Waals surface area contributed by atoms with Crippen LogP contribution in [0.4, 0.5) is 0 Å². The second-order valence-electron chi connectivity index (χ2n) is 9.02. The Hall–Kier alpha value is -2.94. The minimum atomic E-state index is -0.590. The summed E-state index contributed by atoms with van der Waals surface area (Å²) in [4.78, 5) is 24.6. The van der Waals surface area contributed by atoms with Gasteiger partial charge in [0.1, 0.15) is 5.78 Å². The van der Waals surface area contributed by atoms with Crippen LogP contribution in [0.3, 0.4) is 0 Å². The number of dihydropyridines is 1. The number of Topliss-reactive ketones (excluding diaryl/α,β-unsaturated/α-hetero) is 1. The Bertz CT molecular complexity index is 939. The van der Waals surface area contributed by atoms with Gasteiger partial charge >= 0.3 is 0 Å². The van der Waals surface area contributed by atoms with Crippen molar-refractivity contribution < 1.29 is 24.5 Å². The highest BCUT2D eigenvalue weighted by molar-refractivity contribution is 6.06. The van der Waals surface area contributed by atoms with Crippen molar-refractivity contribution in [3.63, 3.8) is 0 Å². The van der Waals surface area contributed by atoms with Crippen molar-refractivity contribution in [1.29, 1.82) is 0 Å². The summed E-state index contributed by atoms with van der Waals surface area (Å²) in [5, 5.41) is 25.5. The van der Waals surface area contributed by atoms with Gasteiger partial charge in [0.05, 0.1) is 12.6 Å². The van der Waals surface area contributed by atoms with Crippen LogP contribution in [0.1, 0.15) is 56.6 Å². The summed E-state index contributed by atoms with van der Waals surface area (Å²) in [5.41, 5.74) is 8.13. The van der Waals surface area contributed by atoms with Gasteiger partial charge in [0.15, 0.2) is 24.1 Å². The molecule has 35 heavy (non-hydrogen) atoms. The number of unbranched alkanes of at least 4 members (excludes halogenated alkanes) is 2. The van der Waals surface area contributed by atoms with Crippen LogP contribution in [0, 0.1) is 5.92 Å². The number of benzene rings is 1. The molecule has 6 N–H and O–H groups in total. The number of carbonyl (C=O) groups is 2. The van der Waals surface area contributed by atoms with Crippen molar-refractivity contribution in [2.45, 2.75) is 58.0 Å². The molecule has 192 valence electrons. The number of aromatic hydroxyl groups is 1. The molecule has 2 unspecified atom stereocenters. The van der Waals surface area contributed by atoms with Crippen molar-refractivity contribution in [2.75, 3.05) is 20.4 Å². The molecule has 2 atom stereocenters. The zero-order chi connectivity index (χ0) is 25.6. The first kappa shape index (κ1) is 28.3. The Balaban J connectivity index is 1.95. The molecule has 0 aliphatic carbocycles. The SMILES string of the molecule is CNCC(C)CCCCCC(=O)CC(=O)C=Cc1cc(OCO)c(O)cc1CC1=CNC(N)C=C1. The fraction of sp³-hybridized carbons (Fsp3) is 0.481. The number of phenolic OH excluding ortho intramolecular Hbond substituents is 1. The first-order valence-electron chi connectivity index (χ1n) is 12.2. The topological polar surface area (TPSA) is 134 Å². The van der Waals surface area contributed by atoms with Crippen LogP contribution < -0.4 is 21.1 Å². The van der Waals surface area contributed by atoms with Gasteiger partial charge in [-0.25, -0.2) is 0 Å². The number of nitrogens with two attached hydrogens (primary N) is 1. The molecule has 0 saturated carbocycles.